The first-order chi connectivity index (χ1) is 7.59. The summed E-state index contributed by atoms with van der Waals surface area (Å²) in [7, 11) is 1.80. The molecule has 0 aliphatic carbocycles. The van der Waals surface area contributed by atoms with Crippen molar-refractivity contribution in [2.45, 2.75) is 13.0 Å². The summed E-state index contributed by atoms with van der Waals surface area (Å²) in [4.78, 5) is 0. The minimum Gasteiger partial charge on any atom is -0.323 e. The number of aryl methyl sites for hydroxylation is 1. The molecular weight excluding hydrogens is 205 g/mol. The SMILES string of the molecule is CC(N)c1nn(C)cc1-c1ccccc1F. The van der Waals surface area contributed by atoms with Gasteiger partial charge in [-0.2, -0.15) is 5.10 Å². The fraction of sp³-hybridized carbons (Fsp3) is 0.250. The molecule has 16 heavy (non-hydrogen) atoms. The fourth-order valence-corrected chi connectivity index (χ4v) is 1.73. The molecular formula is C12H14FN3. The van der Waals surface area contributed by atoms with Crippen LogP contribution in [-0.2, 0) is 7.05 Å². The molecule has 0 fully saturated rings. The van der Waals surface area contributed by atoms with Crippen LogP contribution in [0.3, 0.4) is 0 Å². The summed E-state index contributed by atoms with van der Waals surface area (Å²) in [5, 5.41) is 4.25. The van der Waals surface area contributed by atoms with Gasteiger partial charge in [-0.05, 0) is 13.0 Å². The van der Waals surface area contributed by atoms with Crippen LogP contribution in [0.1, 0.15) is 18.7 Å². The monoisotopic (exact) mass is 219 g/mol. The van der Waals surface area contributed by atoms with Crippen molar-refractivity contribution in [1.82, 2.24) is 9.78 Å². The highest BCUT2D eigenvalue weighted by Gasteiger charge is 2.15. The molecule has 1 aromatic carbocycles. The molecule has 0 aliphatic heterocycles. The maximum absolute atomic E-state index is 13.7. The van der Waals surface area contributed by atoms with Gasteiger partial charge in [-0.1, -0.05) is 18.2 Å². The molecule has 2 rings (SSSR count). The van der Waals surface area contributed by atoms with Crippen LogP contribution in [-0.4, -0.2) is 9.78 Å². The number of nitrogens with two attached hydrogens (primary N) is 1. The molecule has 4 heteroatoms. The lowest BCUT2D eigenvalue weighted by Gasteiger charge is -2.05. The van der Waals surface area contributed by atoms with Crippen molar-refractivity contribution >= 4 is 0 Å². The summed E-state index contributed by atoms with van der Waals surface area (Å²) in [6, 6.07) is 6.43. The van der Waals surface area contributed by atoms with Crippen molar-refractivity contribution in [2.75, 3.05) is 0 Å². The van der Waals surface area contributed by atoms with E-state index in [4.69, 9.17) is 5.73 Å². The molecule has 0 bridgehead atoms. The predicted molar refractivity (Wildman–Crippen MR) is 61.2 cm³/mol. The molecule has 84 valence electrons. The van der Waals surface area contributed by atoms with Gasteiger partial charge in [-0.25, -0.2) is 4.39 Å². The zero-order chi connectivity index (χ0) is 11.7. The number of hydrogen-bond acceptors (Lipinski definition) is 2. The van der Waals surface area contributed by atoms with Crippen LogP contribution in [0.15, 0.2) is 30.5 Å². The van der Waals surface area contributed by atoms with Gasteiger partial charge in [-0.3, -0.25) is 4.68 Å². The van der Waals surface area contributed by atoms with Crippen molar-refractivity contribution in [3.8, 4) is 11.1 Å². The Labute approximate surface area is 93.7 Å². The number of aromatic nitrogens is 2. The number of hydrogen-bond donors (Lipinski definition) is 1. The van der Waals surface area contributed by atoms with Crippen LogP contribution < -0.4 is 5.73 Å². The number of halogens is 1. The van der Waals surface area contributed by atoms with Gasteiger partial charge in [0.1, 0.15) is 5.82 Å². The molecule has 1 aromatic heterocycles. The van der Waals surface area contributed by atoms with Crippen LogP contribution in [0.4, 0.5) is 4.39 Å². The molecule has 0 radical (unpaired) electrons. The van der Waals surface area contributed by atoms with E-state index in [0.717, 1.165) is 5.56 Å². The van der Waals surface area contributed by atoms with E-state index in [1.54, 1.807) is 36.1 Å². The van der Waals surface area contributed by atoms with E-state index < -0.39 is 0 Å². The molecule has 1 unspecified atom stereocenters. The van der Waals surface area contributed by atoms with E-state index in [1.165, 1.54) is 6.07 Å². The van der Waals surface area contributed by atoms with Crippen LogP contribution in [0.25, 0.3) is 11.1 Å². The van der Waals surface area contributed by atoms with E-state index in [1.807, 2.05) is 6.92 Å². The van der Waals surface area contributed by atoms with Gasteiger partial charge in [0.15, 0.2) is 0 Å². The van der Waals surface area contributed by atoms with Crippen molar-refractivity contribution in [1.29, 1.82) is 0 Å². The van der Waals surface area contributed by atoms with Gasteiger partial charge in [-0.15, -0.1) is 0 Å². The predicted octanol–water partition coefficient (Wildman–Crippen LogP) is 2.25. The number of benzene rings is 1. The quantitative estimate of drug-likeness (QED) is 0.841. The first-order valence-corrected chi connectivity index (χ1v) is 5.13. The summed E-state index contributed by atoms with van der Waals surface area (Å²) < 4.78 is 15.3. The van der Waals surface area contributed by atoms with E-state index in [-0.39, 0.29) is 11.9 Å². The van der Waals surface area contributed by atoms with Crippen LogP contribution in [0.2, 0.25) is 0 Å². The molecule has 1 atom stereocenters. The van der Waals surface area contributed by atoms with Crippen molar-refractivity contribution in [3.05, 3.63) is 42.0 Å². The zero-order valence-corrected chi connectivity index (χ0v) is 9.31. The van der Waals surface area contributed by atoms with E-state index in [2.05, 4.69) is 5.10 Å². The third-order valence-electron chi connectivity index (χ3n) is 2.45. The second kappa shape index (κ2) is 4.06. The van der Waals surface area contributed by atoms with Gasteiger partial charge in [0.25, 0.3) is 0 Å². The Morgan fingerprint density at radius 1 is 1.31 bits per heavy atom. The van der Waals surface area contributed by atoms with Gasteiger partial charge in [0, 0.05) is 30.4 Å². The second-order valence-corrected chi connectivity index (χ2v) is 3.87. The van der Waals surface area contributed by atoms with Crippen LogP contribution >= 0.6 is 0 Å². The Bertz CT molecular complexity index is 503. The summed E-state index contributed by atoms with van der Waals surface area (Å²) in [5.41, 5.74) is 7.84. The summed E-state index contributed by atoms with van der Waals surface area (Å²) in [6.07, 6.45) is 1.79. The summed E-state index contributed by atoms with van der Waals surface area (Å²) in [6.45, 7) is 1.84. The highest BCUT2D eigenvalue weighted by atomic mass is 19.1. The lowest BCUT2D eigenvalue weighted by Crippen LogP contribution is -2.07. The average molecular weight is 219 g/mol. The minimum atomic E-state index is -0.252. The maximum Gasteiger partial charge on any atom is 0.131 e. The third-order valence-corrected chi connectivity index (χ3v) is 2.45. The molecule has 0 aliphatic rings. The number of rotatable bonds is 2. The molecule has 0 saturated heterocycles. The fourth-order valence-electron chi connectivity index (χ4n) is 1.73. The second-order valence-electron chi connectivity index (χ2n) is 3.87. The minimum absolute atomic E-state index is 0.212. The maximum atomic E-state index is 13.7. The van der Waals surface area contributed by atoms with Crippen molar-refractivity contribution < 1.29 is 4.39 Å². The van der Waals surface area contributed by atoms with Gasteiger partial charge < -0.3 is 5.73 Å². The largest absolute Gasteiger partial charge is 0.323 e. The van der Waals surface area contributed by atoms with Crippen LogP contribution in [0, 0.1) is 5.82 Å². The van der Waals surface area contributed by atoms with E-state index in [9.17, 15) is 4.39 Å². The average Bonchev–Trinajstić information content (AvgIpc) is 2.61. The standard InChI is InChI=1S/C12H14FN3/c1-8(14)12-10(7-16(2)15-12)9-5-3-4-6-11(9)13/h3-8H,14H2,1-2H3. The third kappa shape index (κ3) is 1.84. The Kier molecular flexibility index (Phi) is 2.75. The molecule has 1 heterocycles. The normalized spacial score (nSPS) is 12.8. The van der Waals surface area contributed by atoms with E-state index >= 15 is 0 Å². The topological polar surface area (TPSA) is 43.8 Å². The van der Waals surface area contributed by atoms with Crippen molar-refractivity contribution in [3.63, 3.8) is 0 Å². The zero-order valence-electron chi connectivity index (χ0n) is 9.31. The molecule has 0 spiro atoms. The van der Waals surface area contributed by atoms with E-state index in [0.29, 0.717) is 11.3 Å². The molecule has 0 saturated carbocycles. The number of nitrogens with zero attached hydrogens (tertiary/aromatic N) is 2. The highest BCUT2D eigenvalue weighted by Crippen LogP contribution is 2.28. The lowest BCUT2D eigenvalue weighted by atomic mass is 10.0. The summed E-state index contributed by atoms with van der Waals surface area (Å²) >= 11 is 0. The highest BCUT2D eigenvalue weighted by molar-refractivity contribution is 5.66. The van der Waals surface area contributed by atoms with Gasteiger partial charge >= 0.3 is 0 Å². The molecule has 3 nitrogen and oxygen atoms in total. The smallest absolute Gasteiger partial charge is 0.131 e. The first kappa shape index (κ1) is 10.8. The Balaban J connectivity index is 2.60. The van der Waals surface area contributed by atoms with Crippen molar-refractivity contribution in [2.24, 2.45) is 12.8 Å². The Morgan fingerprint density at radius 2 is 2.00 bits per heavy atom. The Morgan fingerprint density at radius 3 is 2.62 bits per heavy atom. The Hall–Kier alpha value is -1.68. The summed E-state index contributed by atoms with van der Waals surface area (Å²) in [5.74, 6) is -0.252. The first-order valence-electron chi connectivity index (χ1n) is 5.13. The molecule has 2 N–H and O–H groups in total. The molecule has 2 aromatic rings. The van der Waals surface area contributed by atoms with Gasteiger partial charge in [0.2, 0.25) is 0 Å². The lowest BCUT2D eigenvalue weighted by molar-refractivity contribution is 0.630. The van der Waals surface area contributed by atoms with Crippen LogP contribution in [0.5, 0.6) is 0 Å². The molecule has 0 amide bonds. The van der Waals surface area contributed by atoms with Gasteiger partial charge in [0.05, 0.1) is 5.69 Å².